The third-order valence-electron chi connectivity index (χ3n) is 3.72. The Hall–Kier alpha value is -2.27. The predicted molar refractivity (Wildman–Crippen MR) is 73.1 cm³/mol. The van der Waals surface area contributed by atoms with Gasteiger partial charge in [0.1, 0.15) is 17.4 Å². The highest BCUT2D eigenvalue weighted by atomic mass is 32.1. The minimum absolute atomic E-state index is 0.934. The molecule has 19 heavy (non-hydrogen) atoms. The first-order valence-electron chi connectivity index (χ1n) is 6.12. The standard InChI is InChI=1S/C14H9N4S/c1-3-15-5-10-9(1)7-17-12(10)8-18-11-2-4-16-6-13(11)19-14(17)18/h1-6,8H,7H2/q+1. The molecule has 0 amide bonds. The van der Waals surface area contributed by atoms with Crippen molar-refractivity contribution in [1.29, 1.82) is 0 Å². The van der Waals surface area contributed by atoms with Gasteiger partial charge < -0.3 is 0 Å². The number of hydrogen-bond acceptors (Lipinski definition) is 3. The highest BCUT2D eigenvalue weighted by Gasteiger charge is 2.30. The van der Waals surface area contributed by atoms with Gasteiger partial charge >= 0.3 is 4.96 Å². The van der Waals surface area contributed by atoms with E-state index in [1.165, 1.54) is 32.0 Å². The van der Waals surface area contributed by atoms with Crippen LogP contribution in [-0.4, -0.2) is 14.5 Å². The Morgan fingerprint density at radius 3 is 3.05 bits per heavy atom. The Morgan fingerprint density at radius 2 is 2.05 bits per heavy atom. The molecule has 5 heteroatoms. The number of aromatic nitrogens is 4. The SMILES string of the molecule is c1cc2c(cn1)-c1c[n+]3c4ccncc4sc3n1C2. The summed E-state index contributed by atoms with van der Waals surface area (Å²) in [6, 6.07) is 4.17. The third-order valence-corrected chi connectivity index (χ3v) is 4.85. The van der Waals surface area contributed by atoms with Crippen LogP contribution < -0.4 is 4.40 Å². The molecule has 0 fully saturated rings. The lowest BCUT2D eigenvalue weighted by Gasteiger charge is -1.91. The van der Waals surface area contributed by atoms with E-state index >= 15 is 0 Å². The fraction of sp³-hybridized carbons (Fsp3) is 0.0714. The monoisotopic (exact) mass is 265 g/mol. The summed E-state index contributed by atoms with van der Waals surface area (Å²) in [5, 5.41) is 0. The Kier molecular flexibility index (Phi) is 1.62. The van der Waals surface area contributed by atoms with E-state index in [-0.39, 0.29) is 0 Å². The van der Waals surface area contributed by atoms with Crippen LogP contribution in [0.3, 0.4) is 0 Å². The number of pyridine rings is 2. The smallest absolute Gasteiger partial charge is 0.264 e. The van der Waals surface area contributed by atoms with Crippen molar-refractivity contribution >= 4 is 26.5 Å². The number of hydrogen-bond donors (Lipinski definition) is 0. The van der Waals surface area contributed by atoms with Gasteiger partial charge in [-0.2, -0.15) is 4.40 Å². The van der Waals surface area contributed by atoms with E-state index in [9.17, 15) is 0 Å². The highest BCUT2D eigenvalue weighted by molar-refractivity contribution is 7.22. The summed E-state index contributed by atoms with van der Waals surface area (Å²) in [4.78, 5) is 9.70. The predicted octanol–water partition coefficient (Wildman–Crippen LogP) is 2.26. The van der Waals surface area contributed by atoms with E-state index < -0.39 is 0 Å². The second kappa shape index (κ2) is 3.19. The molecule has 90 valence electrons. The molecule has 1 aliphatic rings. The summed E-state index contributed by atoms with van der Waals surface area (Å²) in [6.45, 7) is 0.934. The molecule has 5 heterocycles. The van der Waals surface area contributed by atoms with E-state index in [4.69, 9.17) is 0 Å². The van der Waals surface area contributed by atoms with Gasteiger partial charge in [0.05, 0.1) is 5.56 Å². The number of rotatable bonds is 0. The summed E-state index contributed by atoms with van der Waals surface area (Å²) >= 11 is 1.79. The molecule has 0 saturated carbocycles. The lowest BCUT2D eigenvalue weighted by Crippen LogP contribution is -2.16. The van der Waals surface area contributed by atoms with Gasteiger partial charge in [0.25, 0.3) is 0 Å². The van der Waals surface area contributed by atoms with Gasteiger partial charge in [-0.05, 0) is 17.4 Å². The van der Waals surface area contributed by atoms with Crippen molar-refractivity contribution in [1.82, 2.24) is 14.5 Å². The maximum absolute atomic E-state index is 4.24. The van der Waals surface area contributed by atoms with Crippen LogP contribution in [0.15, 0.2) is 43.1 Å². The molecule has 0 N–H and O–H groups in total. The first-order valence-corrected chi connectivity index (χ1v) is 6.94. The average molecular weight is 265 g/mol. The first-order chi connectivity index (χ1) is 9.42. The molecular weight excluding hydrogens is 256 g/mol. The topological polar surface area (TPSA) is 34.8 Å². The van der Waals surface area contributed by atoms with Gasteiger partial charge in [-0.1, -0.05) is 0 Å². The van der Waals surface area contributed by atoms with Crippen LogP contribution in [0.1, 0.15) is 5.56 Å². The Labute approximate surface area is 112 Å². The minimum atomic E-state index is 0.934. The van der Waals surface area contributed by atoms with E-state index in [0.29, 0.717) is 0 Å². The molecule has 1 aliphatic heterocycles. The van der Waals surface area contributed by atoms with Crippen LogP contribution in [0.4, 0.5) is 0 Å². The van der Waals surface area contributed by atoms with Crippen molar-refractivity contribution < 1.29 is 4.40 Å². The third kappa shape index (κ3) is 1.11. The van der Waals surface area contributed by atoms with Crippen molar-refractivity contribution in [3.63, 3.8) is 0 Å². The van der Waals surface area contributed by atoms with Crippen LogP contribution in [-0.2, 0) is 6.54 Å². The van der Waals surface area contributed by atoms with Crippen molar-refractivity contribution in [2.75, 3.05) is 0 Å². The molecule has 5 rings (SSSR count). The van der Waals surface area contributed by atoms with Crippen LogP contribution in [0.5, 0.6) is 0 Å². The van der Waals surface area contributed by atoms with Crippen LogP contribution in [0.2, 0.25) is 0 Å². The number of fused-ring (bicyclic) bond motifs is 7. The van der Waals surface area contributed by atoms with Gasteiger partial charge in [-0.3, -0.25) is 9.97 Å². The molecule has 0 saturated heterocycles. The average Bonchev–Trinajstić information content (AvgIpc) is 3.07. The summed E-state index contributed by atoms with van der Waals surface area (Å²) in [5.74, 6) is 0. The fourth-order valence-electron chi connectivity index (χ4n) is 2.84. The molecule has 0 bridgehead atoms. The molecule has 0 aromatic carbocycles. The molecule has 0 unspecified atom stereocenters. The molecule has 4 aromatic rings. The van der Waals surface area contributed by atoms with Crippen molar-refractivity contribution in [2.45, 2.75) is 6.54 Å². The molecule has 0 atom stereocenters. The van der Waals surface area contributed by atoms with Gasteiger partial charge in [-0.15, -0.1) is 0 Å². The molecule has 0 aliphatic carbocycles. The molecule has 4 nitrogen and oxygen atoms in total. The van der Waals surface area contributed by atoms with Crippen LogP contribution >= 0.6 is 11.3 Å². The molecular formula is C14H9N4S+. The lowest BCUT2D eigenvalue weighted by atomic mass is 10.1. The van der Waals surface area contributed by atoms with Gasteiger partial charge in [0.15, 0.2) is 11.2 Å². The summed E-state index contributed by atoms with van der Waals surface area (Å²) in [5.41, 5.74) is 5.08. The second-order valence-corrected chi connectivity index (χ2v) is 5.74. The molecule has 0 spiro atoms. The van der Waals surface area contributed by atoms with E-state index in [1.54, 1.807) is 11.3 Å². The van der Waals surface area contributed by atoms with E-state index in [0.717, 1.165) is 6.54 Å². The summed E-state index contributed by atoms with van der Waals surface area (Å²) < 4.78 is 5.84. The van der Waals surface area contributed by atoms with Crippen LogP contribution in [0, 0.1) is 0 Å². The molecule has 0 radical (unpaired) electrons. The van der Waals surface area contributed by atoms with Gasteiger partial charge in [0, 0.05) is 36.4 Å². The lowest BCUT2D eigenvalue weighted by molar-refractivity contribution is -0.476. The Morgan fingerprint density at radius 1 is 1.16 bits per heavy atom. The number of imidazole rings is 1. The largest absolute Gasteiger partial charge is 0.347 e. The van der Waals surface area contributed by atoms with Crippen molar-refractivity contribution in [3.8, 4) is 11.3 Å². The van der Waals surface area contributed by atoms with Gasteiger partial charge in [-0.25, -0.2) is 4.57 Å². The number of nitrogens with zero attached hydrogens (tertiary/aromatic N) is 4. The second-order valence-electron chi connectivity index (χ2n) is 4.73. The van der Waals surface area contributed by atoms with Crippen LogP contribution in [0.25, 0.3) is 26.4 Å². The van der Waals surface area contributed by atoms with E-state index in [1.807, 2.05) is 24.8 Å². The normalized spacial score (nSPS) is 13.1. The van der Waals surface area contributed by atoms with E-state index in [2.05, 4.69) is 37.3 Å². The maximum atomic E-state index is 4.24. The highest BCUT2D eigenvalue weighted by Crippen LogP contribution is 2.34. The molecule has 4 aromatic heterocycles. The van der Waals surface area contributed by atoms with Crippen molar-refractivity contribution in [2.24, 2.45) is 0 Å². The van der Waals surface area contributed by atoms with Crippen molar-refractivity contribution in [3.05, 3.63) is 48.7 Å². The summed E-state index contributed by atoms with van der Waals surface area (Å²) in [7, 11) is 0. The maximum Gasteiger partial charge on any atom is 0.347 e. The summed E-state index contributed by atoms with van der Waals surface area (Å²) in [6.07, 6.45) is 9.82. The Bertz CT molecular complexity index is 951. The minimum Gasteiger partial charge on any atom is -0.264 e. The fourth-order valence-corrected chi connectivity index (χ4v) is 3.94. The zero-order chi connectivity index (χ0) is 12.4. The quantitative estimate of drug-likeness (QED) is 0.403. The first kappa shape index (κ1) is 9.63. The zero-order valence-corrected chi connectivity index (χ0v) is 10.8. The number of thiazole rings is 1. The van der Waals surface area contributed by atoms with Gasteiger partial charge in [0.2, 0.25) is 0 Å². The Balaban J connectivity index is 1.93. The zero-order valence-electron chi connectivity index (χ0n) is 9.95.